The number of hydrogen-bond donors (Lipinski definition) is 1. The van der Waals surface area contributed by atoms with Crippen molar-refractivity contribution in [3.63, 3.8) is 0 Å². The van der Waals surface area contributed by atoms with Crippen LogP contribution in [0.4, 0.5) is 0 Å². The number of benzene rings is 1. The number of nitrogens with zero attached hydrogens (tertiary/aromatic N) is 2. The third-order valence-electron chi connectivity index (χ3n) is 2.87. The maximum absolute atomic E-state index is 5.86. The molecule has 0 spiro atoms. The Morgan fingerprint density at radius 2 is 1.95 bits per heavy atom. The fourth-order valence-corrected chi connectivity index (χ4v) is 1.72. The number of aryl methyl sites for hydroxylation is 1. The first kappa shape index (κ1) is 13.5. The van der Waals surface area contributed by atoms with Crippen LogP contribution in [-0.2, 0) is 6.54 Å². The highest BCUT2D eigenvalue weighted by Crippen LogP contribution is 2.26. The molecule has 0 saturated heterocycles. The maximum atomic E-state index is 5.86. The van der Waals surface area contributed by atoms with Crippen LogP contribution in [0.25, 0.3) is 0 Å². The molecule has 0 unspecified atom stereocenters. The highest BCUT2D eigenvalue weighted by atomic mass is 16.5. The average molecular weight is 257 g/mol. The molecule has 0 aliphatic carbocycles. The largest absolute Gasteiger partial charge is 0.453 e. The molecule has 4 heteroatoms. The summed E-state index contributed by atoms with van der Waals surface area (Å²) in [5.74, 6) is 2.50. The van der Waals surface area contributed by atoms with Crippen molar-refractivity contribution in [3.8, 4) is 11.5 Å². The molecular formula is C15H19N3O. The Kier molecular flexibility index (Phi) is 4.12. The van der Waals surface area contributed by atoms with E-state index in [9.17, 15) is 0 Å². The molecule has 0 radical (unpaired) electrons. The zero-order valence-corrected chi connectivity index (χ0v) is 11.6. The zero-order valence-electron chi connectivity index (χ0n) is 11.6. The van der Waals surface area contributed by atoms with Gasteiger partial charge in [0.05, 0.1) is 6.20 Å². The lowest BCUT2D eigenvalue weighted by molar-refractivity contribution is 0.464. The number of para-hydroxylation sites is 1. The van der Waals surface area contributed by atoms with Gasteiger partial charge in [-0.15, -0.1) is 0 Å². The first-order valence-electron chi connectivity index (χ1n) is 6.41. The zero-order chi connectivity index (χ0) is 13.8. The Labute approximate surface area is 113 Å². The van der Waals surface area contributed by atoms with E-state index in [1.54, 1.807) is 6.20 Å². The van der Waals surface area contributed by atoms with Crippen LogP contribution in [-0.4, -0.2) is 9.97 Å². The molecule has 4 nitrogen and oxygen atoms in total. The minimum Gasteiger partial charge on any atom is -0.453 e. The summed E-state index contributed by atoms with van der Waals surface area (Å²) in [6.45, 7) is 6.44. The summed E-state index contributed by atoms with van der Waals surface area (Å²) in [5.41, 5.74) is 7.55. The smallest absolute Gasteiger partial charge is 0.168 e. The Morgan fingerprint density at radius 3 is 2.58 bits per heavy atom. The standard InChI is InChI=1S/C15H19N3O/c1-10(2)15-17-9-14(12(8-16)18-15)19-13-7-5-4-6-11(13)3/h4-7,9-10H,8,16H2,1-3H3. The van der Waals surface area contributed by atoms with Crippen LogP contribution in [0.1, 0.15) is 36.8 Å². The highest BCUT2D eigenvalue weighted by molar-refractivity contribution is 5.37. The van der Waals surface area contributed by atoms with Crippen molar-refractivity contribution in [2.24, 2.45) is 5.73 Å². The van der Waals surface area contributed by atoms with Gasteiger partial charge in [-0.3, -0.25) is 0 Å². The number of rotatable bonds is 4. The second-order valence-electron chi connectivity index (χ2n) is 4.77. The molecule has 1 aromatic carbocycles. The molecule has 1 aromatic heterocycles. The van der Waals surface area contributed by atoms with E-state index >= 15 is 0 Å². The minimum absolute atomic E-state index is 0.276. The molecule has 2 aromatic rings. The van der Waals surface area contributed by atoms with E-state index in [0.29, 0.717) is 12.3 Å². The van der Waals surface area contributed by atoms with Crippen LogP contribution >= 0.6 is 0 Å². The van der Waals surface area contributed by atoms with Crippen molar-refractivity contribution >= 4 is 0 Å². The SMILES string of the molecule is Cc1ccccc1Oc1cnc(C(C)C)nc1CN. The molecule has 0 atom stereocenters. The van der Waals surface area contributed by atoms with Gasteiger partial charge in [-0.05, 0) is 18.6 Å². The maximum Gasteiger partial charge on any atom is 0.168 e. The average Bonchev–Trinajstić information content (AvgIpc) is 2.41. The van der Waals surface area contributed by atoms with Gasteiger partial charge in [-0.25, -0.2) is 9.97 Å². The predicted octanol–water partition coefficient (Wildman–Crippen LogP) is 3.16. The summed E-state index contributed by atoms with van der Waals surface area (Å²) in [7, 11) is 0. The molecule has 100 valence electrons. The fourth-order valence-electron chi connectivity index (χ4n) is 1.72. The van der Waals surface area contributed by atoms with Crippen LogP contribution in [0.15, 0.2) is 30.5 Å². The number of nitrogens with two attached hydrogens (primary N) is 1. The summed E-state index contributed by atoms with van der Waals surface area (Å²) < 4.78 is 5.86. The number of ether oxygens (including phenoxy) is 1. The van der Waals surface area contributed by atoms with Crippen LogP contribution in [0.3, 0.4) is 0 Å². The molecule has 0 aliphatic rings. The molecule has 0 fully saturated rings. The van der Waals surface area contributed by atoms with Gasteiger partial charge in [0.15, 0.2) is 5.75 Å². The van der Waals surface area contributed by atoms with Gasteiger partial charge >= 0.3 is 0 Å². The quantitative estimate of drug-likeness (QED) is 0.914. The lowest BCUT2D eigenvalue weighted by Crippen LogP contribution is -2.07. The molecule has 1 heterocycles. The normalized spacial score (nSPS) is 10.8. The molecular weight excluding hydrogens is 238 g/mol. The Hall–Kier alpha value is -1.94. The third-order valence-corrected chi connectivity index (χ3v) is 2.87. The number of aromatic nitrogens is 2. The molecule has 2 rings (SSSR count). The summed E-state index contributed by atoms with van der Waals surface area (Å²) in [6.07, 6.45) is 1.71. The molecule has 0 aliphatic heterocycles. The summed E-state index contributed by atoms with van der Waals surface area (Å²) in [4.78, 5) is 8.78. The molecule has 0 saturated carbocycles. The number of hydrogen-bond acceptors (Lipinski definition) is 4. The van der Waals surface area contributed by atoms with Crippen molar-refractivity contribution in [2.45, 2.75) is 33.2 Å². The van der Waals surface area contributed by atoms with Crippen LogP contribution in [0, 0.1) is 6.92 Å². The van der Waals surface area contributed by atoms with Gasteiger partial charge in [-0.2, -0.15) is 0 Å². The van der Waals surface area contributed by atoms with E-state index < -0.39 is 0 Å². The van der Waals surface area contributed by atoms with E-state index in [2.05, 4.69) is 23.8 Å². The van der Waals surface area contributed by atoms with Crippen molar-refractivity contribution in [1.82, 2.24) is 9.97 Å². The Bertz CT molecular complexity index is 567. The Balaban J connectivity index is 2.33. The second kappa shape index (κ2) is 5.80. The first-order chi connectivity index (χ1) is 9.11. The Morgan fingerprint density at radius 1 is 1.21 bits per heavy atom. The minimum atomic E-state index is 0.276. The van der Waals surface area contributed by atoms with Crippen molar-refractivity contribution in [3.05, 3.63) is 47.5 Å². The van der Waals surface area contributed by atoms with Crippen molar-refractivity contribution < 1.29 is 4.74 Å². The van der Waals surface area contributed by atoms with Gasteiger partial charge < -0.3 is 10.5 Å². The predicted molar refractivity (Wildman–Crippen MR) is 75.3 cm³/mol. The van der Waals surface area contributed by atoms with Crippen LogP contribution in [0.2, 0.25) is 0 Å². The van der Waals surface area contributed by atoms with Gasteiger partial charge in [0, 0.05) is 12.5 Å². The highest BCUT2D eigenvalue weighted by Gasteiger charge is 2.11. The van der Waals surface area contributed by atoms with Crippen LogP contribution < -0.4 is 10.5 Å². The molecule has 2 N–H and O–H groups in total. The van der Waals surface area contributed by atoms with Crippen LogP contribution in [0.5, 0.6) is 11.5 Å². The van der Waals surface area contributed by atoms with Crippen molar-refractivity contribution in [2.75, 3.05) is 0 Å². The molecule has 0 bridgehead atoms. The fraction of sp³-hybridized carbons (Fsp3) is 0.333. The van der Waals surface area contributed by atoms with Gasteiger partial charge in [0.2, 0.25) is 0 Å². The van der Waals surface area contributed by atoms with Gasteiger partial charge in [0.1, 0.15) is 17.3 Å². The van der Waals surface area contributed by atoms with E-state index in [-0.39, 0.29) is 5.92 Å². The molecule has 19 heavy (non-hydrogen) atoms. The topological polar surface area (TPSA) is 61.0 Å². The van der Waals surface area contributed by atoms with Gasteiger partial charge in [-0.1, -0.05) is 32.0 Å². The summed E-state index contributed by atoms with van der Waals surface area (Å²) in [5, 5.41) is 0. The lowest BCUT2D eigenvalue weighted by atomic mass is 10.2. The third kappa shape index (κ3) is 3.09. The van der Waals surface area contributed by atoms with E-state index in [1.807, 2.05) is 31.2 Å². The van der Waals surface area contributed by atoms with E-state index in [1.165, 1.54) is 0 Å². The monoisotopic (exact) mass is 257 g/mol. The second-order valence-corrected chi connectivity index (χ2v) is 4.77. The van der Waals surface area contributed by atoms with E-state index in [4.69, 9.17) is 10.5 Å². The van der Waals surface area contributed by atoms with Gasteiger partial charge in [0.25, 0.3) is 0 Å². The lowest BCUT2D eigenvalue weighted by Gasteiger charge is -2.12. The molecule has 0 amide bonds. The van der Waals surface area contributed by atoms with Crippen molar-refractivity contribution in [1.29, 1.82) is 0 Å². The summed E-state index contributed by atoms with van der Waals surface area (Å²) >= 11 is 0. The van der Waals surface area contributed by atoms with E-state index in [0.717, 1.165) is 22.8 Å². The first-order valence-corrected chi connectivity index (χ1v) is 6.41. The summed E-state index contributed by atoms with van der Waals surface area (Å²) in [6, 6.07) is 7.84.